The summed E-state index contributed by atoms with van der Waals surface area (Å²) in [5, 5.41) is 8.86. The lowest BCUT2D eigenvalue weighted by Gasteiger charge is -1.84. The van der Waals surface area contributed by atoms with Crippen LogP contribution in [-0.4, -0.2) is 14.6 Å². The molecule has 0 amide bonds. The molecule has 0 aromatic carbocycles. The minimum atomic E-state index is 0.968. The van der Waals surface area contributed by atoms with Crippen molar-refractivity contribution in [2.24, 2.45) is 0 Å². The van der Waals surface area contributed by atoms with Crippen LogP contribution in [-0.2, 0) is 0 Å². The molecule has 56 valence electrons. The normalized spacial score (nSPS) is 10.3. The van der Waals surface area contributed by atoms with Gasteiger partial charge in [-0.15, -0.1) is 0 Å². The summed E-state index contributed by atoms with van der Waals surface area (Å²) in [6.07, 6.45) is 0. The van der Waals surface area contributed by atoms with Crippen molar-refractivity contribution in [1.29, 1.82) is 0 Å². The van der Waals surface area contributed by atoms with Crippen LogP contribution in [0.25, 0.3) is 11.4 Å². The molecular weight excluding hydrogens is 158 g/mol. The number of aromatic nitrogens is 3. The van der Waals surface area contributed by atoms with E-state index in [0.29, 0.717) is 0 Å². The Bertz CT molecular complexity index is 336. The van der Waals surface area contributed by atoms with Gasteiger partial charge in [0, 0.05) is 5.38 Å². The van der Waals surface area contributed by atoms with Gasteiger partial charge in [-0.3, -0.25) is 5.10 Å². The number of aryl methyl sites for hydroxylation is 1. The van der Waals surface area contributed by atoms with E-state index in [9.17, 15) is 0 Å². The van der Waals surface area contributed by atoms with Crippen molar-refractivity contribution >= 4 is 11.5 Å². The molecule has 11 heavy (non-hydrogen) atoms. The number of nitrogens with zero attached hydrogens (tertiary/aromatic N) is 2. The summed E-state index contributed by atoms with van der Waals surface area (Å²) in [5.74, 6) is 0. The maximum atomic E-state index is 4.17. The van der Waals surface area contributed by atoms with Crippen molar-refractivity contribution in [2.75, 3.05) is 0 Å². The first-order valence-corrected chi connectivity index (χ1v) is 4.13. The van der Waals surface area contributed by atoms with Crippen LogP contribution in [0, 0.1) is 6.92 Å². The van der Waals surface area contributed by atoms with E-state index in [1.54, 1.807) is 0 Å². The SMILES string of the molecule is Cc1cc(-c2ccsn2)[nH]n1. The largest absolute Gasteiger partial charge is 0.276 e. The number of hydrogen-bond donors (Lipinski definition) is 1. The number of aromatic amines is 1. The number of hydrogen-bond acceptors (Lipinski definition) is 3. The van der Waals surface area contributed by atoms with Gasteiger partial charge in [0.2, 0.25) is 0 Å². The lowest BCUT2D eigenvalue weighted by atomic mass is 10.3. The molecule has 1 N–H and O–H groups in total. The van der Waals surface area contributed by atoms with Gasteiger partial charge < -0.3 is 0 Å². The minimum absolute atomic E-state index is 0.968. The number of H-pyrrole nitrogens is 1. The number of rotatable bonds is 1. The second-order valence-corrected chi connectivity index (χ2v) is 2.97. The Balaban J connectivity index is 2.45. The molecule has 0 radical (unpaired) electrons. The fourth-order valence-electron chi connectivity index (χ4n) is 0.905. The predicted molar refractivity (Wildman–Crippen MR) is 44.4 cm³/mol. The summed E-state index contributed by atoms with van der Waals surface area (Å²) >= 11 is 1.45. The van der Waals surface area contributed by atoms with Gasteiger partial charge >= 0.3 is 0 Å². The quantitative estimate of drug-likeness (QED) is 0.700. The van der Waals surface area contributed by atoms with Gasteiger partial charge in [-0.25, -0.2) is 0 Å². The Labute approximate surface area is 68.3 Å². The molecule has 0 spiro atoms. The molecule has 2 aromatic heterocycles. The van der Waals surface area contributed by atoms with E-state index in [1.807, 2.05) is 24.4 Å². The van der Waals surface area contributed by atoms with E-state index < -0.39 is 0 Å². The molecule has 0 unspecified atom stereocenters. The molecule has 0 atom stereocenters. The summed E-state index contributed by atoms with van der Waals surface area (Å²) in [5.41, 5.74) is 2.95. The highest BCUT2D eigenvalue weighted by Gasteiger charge is 2.01. The third kappa shape index (κ3) is 1.17. The smallest absolute Gasteiger partial charge is 0.102 e. The van der Waals surface area contributed by atoms with Crippen LogP contribution in [0.3, 0.4) is 0 Å². The van der Waals surface area contributed by atoms with E-state index in [-0.39, 0.29) is 0 Å². The molecule has 0 saturated heterocycles. The van der Waals surface area contributed by atoms with Crippen LogP contribution in [0.15, 0.2) is 17.5 Å². The van der Waals surface area contributed by atoms with E-state index in [1.165, 1.54) is 11.5 Å². The van der Waals surface area contributed by atoms with Gasteiger partial charge in [0.25, 0.3) is 0 Å². The van der Waals surface area contributed by atoms with Crippen molar-refractivity contribution < 1.29 is 0 Å². The molecule has 4 heteroatoms. The standard InChI is InChI=1S/C7H7N3S/c1-5-4-7(9-8-5)6-2-3-11-10-6/h2-4H,1H3,(H,8,9). The van der Waals surface area contributed by atoms with Gasteiger partial charge in [0.05, 0.1) is 11.4 Å². The first kappa shape index (κ1) is 6.54. The lowest BCUT2D eigenvalue weighted by molar-refractivity contribution is 1.05. The average Bonchev–Trinajstić information content (AvgIpc) is 2.55. The molecule has 0 saturated carbocycles. The second-order valence-electron chi connectivity index (χ2n) is 2.31. The average molecular weight is 165 g/mol. The van der Waals surface area contributed by atoms with Crippen molar-refractivity contribution in [1.82, 2.24) is 14.6 Å². The summed E-state index contributed by atoms with van der Waals surface area (Å²) < 4.78 is 4.17. The van der Waals surface area contributed by atoms with Gasteiger partial charge in [0.1, 0.15) is 5.69 Å². The van der Waals surface area contributed by atoms with Gasteiger partial charge in [-0.1, -0.05) is 0 Å². The topological polar surface area (TPSA) is 41.6 Å². The first-order chi connectivity index (χ1) is 5.36. The molecule has 0 aliphatic heterocycles. The molecule has 0 fully saturated rings. The minimum Gasteiger partial charge on any atom is -0.276 e. The van der Waals surface area contributed by atoms with Crippen molar-refractivity contribution in [2.45, 2.75) is 6.92 Å². The highest BCUT2D eigenvalue weighted by molar-refractivity contribution is 7.03. The third-order valence-corrected chi connectivity index (χ3v) is 1.98. The summed E-state index contributed by atoms with van der Waals surface area (Å²) in [7, 11) is 0. The monoisotopic (exact) mass is 165 g/mol. The van der Waals surface area contributed by atoms with E-state index in [0.717, 1.165) is 17.1 Å². The Kier molecular flexibility index (Phi) is 1.47. The molecule has 2 heterocycles. The third-order valence-electron chi connectivity index (χ3n) is 1.42. The zero-order chi connectivity index (χ0) is 7.68. The second kappa shape index (κ2) is 2.47. The van der Waals surface area contributed by atoms with Crippen LogP contribution >= 0.6 is 11.5 Å². The Morgan fingerprint density at radius 3 is 3.00 bits per heavy atom. The molecule has 0 aliphatic carbocycles. The Morgan fingerprint density at radius 2 is 2.45 bits per heavy atom. The number of nitrogens with one attached hydrogen (secondary N) is 1. The van der Waals surface area contributed by atoms with Gasteiger partial charge in [0.15, 0.2) is 0 Å². The van der Waals surface area contributed by atoms with Gasteiger partial charge in [-0.2, -0.15) is 9.47 Å². The van der Waals surface area contributed by atoms with Crippen LogP contribution in [0.2, 0.25) is 0 Å². The molecule has 0 bridgehead atoms. The summed E-state index contributed by atoms with van der Waals surface area (Å²) in [4.78, 5) is 0. The zero-order valence-electron chi connectivity index (χ0n) is 6.03. The molecule has 2 rings (SSSR count). The predicted octanol–water partition coefficient (Wildman–Crippen LogP) is 1.84. The molecular formula is C7H7N3S. The zero-order valence-corrected chi connectivity index (χ0v) is 6.85. The summed E-state index contributed by atoms with van der Waals surface area (Å²) in [6.45, 7) is 1.95. The Morgan fingerprint density at radius 1 is 1.55 bits per heavy atom. The fourth-order valence-corrected chi connectivity index (χ4v) is 1.43. The summed E-state index contributed by atoms with van der Waals surface area (Å²) in [6, 6.07) is 3.95. The molecule has 2 aromatic rings. The maximum absolute atomic E-state index is 4.17. The van der Waals surface area contributed by atoms with Crippen molar-refractivity contribution in [3.8, 4) is 11.4 Å². The first-order valence-electron chi connectivity index (χ1n) is 3.29. The van der Waals surface area contributed by atoms with Crippen molar-refractivity contribution in [3.63, 3.8) is 0 Å². The maximum Gasteiger partial charge on any atom is 0.102 e. The van der Waals surface area contributed by atoms with E-state index in [2.05, 4.69) is 14.6 Å². The van der Waals surface area contributed by atoms with Crippen LogP contribution in [0.5, 0.6) is 0 Å². The van der Waals surface area contributed by atoms with Crippen LogP contribution in [0.4, 0.5) is 0 Å². The highest BCUT2D eigenvalue weighted by atomic mass is 32.1. The highest BCUT2D eigenvalue weighted by Crippen LogP contribution is 2.15. The van der Waals surface area contributed by atoms with Gasteiger partial charge in [-0.05, 0) is 30.6 Å². The van der Waals surface area contributed by atoms with Crippen LogP contribution < -0.4 is 0 Å². The van der Waals surface area contributed by atoms with E-state index in [4.69, 9.17) is 0 Å². The Hall–Kier alpha value is -1.16. The van der Waals surface area contributed by atoms with Crippen molar-refractivity contribution in [3.05, 3.63) is 23.2 Å². The lowest BCUT2D eigenvalue weighted by Crippen LogP contribution is -1.74. The fraction of sp³-hybridized carbons (Fsp3) is 0.143. The molecule has 0 aliphatic rings. The van der Waals surface area contributed by atoms with Crippen LogP contribution in [0.1, 0.15) is 5.69 Å². The molecule has 3 nitrogen and oxygen atoms in total. The van der Waals surface area contributed by atoms with E-state index >= 15 is 0 Å².